The van der Waals surface area contributed by atoms with Crippen LogP contribution in [0.3, 0.4) is 0 Å². The minimum absolute atomic E-state index is 0.0181. The van der Waals surface area contributed by atoms with E-state index in [2.05, 4.69) is 46.0 Å². The van der Waals surface area contributed by atoms with Crippen LogP contribution in [0.1, 0.15) is 28.8 Å². The maximum atomic E-state index is 12.8. The van der Waals surface area contributed by atoms with Gasteiger partial charge in [0.25, 0.3) is 5.91 Å². The van der Waals surface area contributed by atoms with Crippen molar-refractivity contribution in [1.29, 1.82) is 0 Å². The first-order chi connectivity index (χ1) is 20.6. The zero-order valence-electron chi connectivity index (χ0n) is 22.9. The molecular formula is C32H29ClF3N3O2S2. The molecule has 5 rings (SSSR count). The Morgan fingerprint density at radius 3 is 2.33 bits per heavy atom. The van der Waals surface area contributed by atoms with E-state index in [0.29, 0.717) is 11.5 Å². The molecule has 0 bridgehead atoms. The third kappa shape index (κ3) is 8.13. The normalized spacial score (nSPS) is 14.8. The Balaban J connectivity index is 1.16. The van der Waals surface area contributed by atoms with Crippen molar-refractivity contribution in [2.75, 3.05) is 23.7 Å². The number of thioether (sulfide) groups is 1. The zero-order chi connectivity index (χ0) is 30.6. The molecule has 1 fully saturated rings. The molecule has 0 radical (unpaired) electrons. The van der Waals surface area contributed by atoms with Gasteiger partial charge >= 0.3 is 5.51 Å². The summed E-state index contributed by atoms with van der Waals surface area (Å²) < 4.78 is 53.4. The number of halogens is 4. The standard InChI is InChI=1S/C32H29ClF3N3O2S2/c33-25-9-5-22(6-10-25)28-4-2-1-3-24(28)19-21-15-17-39(18-16-21)26-11-7-23(8-12-26)31(40)38-43(41)27-13-14-29(37)30(20-27)42-32(34,35)36/h1-14,20-21H,15-19,37H2,(H,38,40). The molecule has 0 aliphatic carbocycles. The van der Waals surface area contributed by atoms with Crippen LogP contribution in [-0.4, -0.2) is 28.7 Å². The summed E-state index contributed by atoms with van der Waals surface area (Å²) >= 11 is 5.69. The topological polar surface area (TPSA) is 75.4 Å². The van der Waals surface area contributed by atoms with Gasteiger partial charge in [-0.3, -0.25) is 9.52 Å². The number of benzene rings is 4. The van der Waals surface area contributed by atoms with Gasteiger partial charge in [-0.25, -0.2) is 4.21 Å². The second kappa shape index (κ2) is 13.4. The van der Waals surface area contributed by atoms with Crippen molar-refractivity contribution in [3.63, 3.8) is 0 Å². The molecule has 224 valence electrons. The number of rotatable bonds is 8. The van der Waals surface area contributed by atoms with Gasteiger partial charge in [-0.1, -0.05) is 48.0 Å². The van der Waals surface area contributed by atoms with E-state index in [1.165, 1.54) is 23.3 Å². The first-order valence-corrected chi connectivity index (χ1v) is 16.0. The van der Waals surface area contributed by atoms with Crippen LogP contribution in [-0.2, 0) is 17.4 Å². The molecule has 1 unspecified atom stereocenters. The summed E-state index contributed by atoms with van der Waals surface area (Å²) in [5.41, 5.74) is 5.99. The molecular weight excluding hydrogens is 615 g/mol. The molecule has 1 atom stereocenters. The van der Waals surface area contributed by atoms with Crippen LogP contribution in [0.4, 0.5) is 24.5 Å². The summed E-state index contributed by atoms with van der Waals surface area (Å²) in [5, 5.41) is 0.719. The smallest absolute Gasteiger partial charge is 0.398 e. The third-order valence-corrected chi connectivity index (χ3v) is 9.51. The molecule has 1 aliphatic rings. The highest BCUT2D eigenvalue weighted by atomic mass is 35.5. The number of carbonyl (C=O) groups is 1. The van der Waals surface area contributed by atoms with Crippen LogP contribution < -0.4 is 15.4 Å². The number of hydrogen-bond donors (Lipinski definition) is 2. The van der Waals surface area contributed by atoms with Gasteiger partial charge in [-0.05, 0) is 108 Å². The highest BCUT2D eigenvalue weighted by molar-refractivity contribution is 8.00. The fourth-order valence-electron chi connectivity index (χ4n) is 5.18. The van der Waals surface area contributed by atoms with Crippen LogP contribution >= 0.6 is 23.4 Å². The predicted octanol–water partition coefficient (Wildman–Crippen LogP) is 8.11. The van der Waals surface area contributed by atoms with Crippen molar-refractivity contribution >= 4 is 51.6 Å². The fraction of sp³-hybridized carbons (Fsp3) is 0.219. The van der Waals surface area contributed by atoms with Gasteiger partial charge in [0, 0.05) is 39.9 Å². The highest BCUT2D eigenvalue weighted by Gasteiger charge is 2.30. The van der Waals surface area contributed by atoms with Crippen LogP contribution in [0, 0.1) is 5.92 Å². The first-order valence-electron chi connectivity index (χ1n) is 13.6. The second-order valence-electron chi connectivity index (χ2n) is 10.3. The van der Waals surface area contributed by atoms with Crippen molar-refractivity contribution in [3.8, 4) is 11.1 Å². The molecule has 4 aromatic carbocycles. The molecule has 1 saturated heterocycles. The lowest BCUT2D eigenvalue weighted by molar-refractivity contribution is -0.0328. The van der Waals surface area contributed by atoms with Crippen molar-refractivity contribution in [2.24, 2.45) is 5.92 Å². The lowest BCUT2D eigenvalue weighted by Crippen LogP contribution is -2.34. The molecule has 1 heterocycles. The number of nitrogens with one attached hydrogen (secondary N) is 1. The molecule has 0 aromatic heterocycles. The van der Waals surface area contributed by atoms with Gasteiger partial charge in [0.05, 0.1) is 4.90 Å². The van der Waals surface area contributed by atoms with E-state index in [1.807, 2.05) is 24.3 Å². The summed E-state index contributed by atoms with van der Waals surface area (Å²) in [6.07, 6.45) is 3.06. The first kappa shape index (κ1) is 31.0. The Labute approximate surface area is 260 Å². The highest BCUT2D eigenvalue weighted by Crippen LogP contribution is 2.40. The number of nitrogen functional groups attached to an aromatic ring is 1. The fourth-order valence-corrected chi connectivity index (χ4v) is 6.83. The van der Waals surface area contributed by atoms with Crippen molar-refractivity contribution in [3.05, 3.63) is 107 Å². The number of piperidine rings is 1. The number of hydrogen-bond acceptors (Lipinski definition) is 5. The number of carbonyl (C=O) groups excluding carboxylic acids is 1. The number of nitrogens with two attached hydrogens (primary N) is 1. The maximum absolute atomic E-state index is 12.8. The lowest BCUT2D eigenvalue weighted by Gasteiger charge is -2.34. The number of nitrogens with zero attached hydrogens (tertiary/aromatic N) is 1. The summed E-state index contributed by atoms with van der Waals surface area (Å²) in [5.74, 6) is -0.0436. The molecule has 3 N–H and O–H groups in total. The van der Waals surface area contributed by atoms with Gasteiger partial charge < -0.3 is 10.6 Å². The van der Waals surface area contributed by atoms with E-state index >= 15 is 0 Å². The summed E-state index contributed by atoms with van der Waals surface area (Å²) in [4.78, 5) is 14.8. The monoisotopic (exact) mass is 643 g/mol. The minimum atomic E-state index is -4.54. The molecule has 4 aromatic rings. The molecule has 1 aliphatic heterocycles. The van der Waals surface area contributed by atoms with E-state index < -0.39 is 34.2 Å². The molecule has 0 saturated carbocycles. The van der Waals surface area contributed by atoms with Gasteiger partial charge in [0.15, 0.2) is 11.0 Å². The Kier molecular flexibility index (Phi) is 9.68. The van der Waals surface area contributed by atoms with Gasteiger partial charge in [-0.15, -0.1) is 0 Å². The molecule has 1 amide bonds. The second-order valence-corrected chi connectivity index (χ2v) is 13.0. The largest absolute Gasteiger partial charge is 0.446 e. The lowest BCUT2D eigenvalue weighted by atomic mass is 9.87. The van der Waals surface area contributed by atoms with Crippen molar-refractivity contribution in [2.45, 2.75) is 34.6 Å². The van der Waals surface area contributed by atoms with Gasteiger partial charge in [0.1, 0.15) is 0 Å². The van der Waals surface area contributed by atoms with Gasteiger partial charge in [-0.2, -0.15) is 13.2 Å². The van der Waals surface area contributed by atoms with E-state index in [9.17, 15) is 22.2 Å². The van der Waals surface area contributed by atoms with Crippen LogP contribution in [0.25, 0.3) is 11.1 Å². The Morgan fingerprint density at radius 1 is 0.977 bits per heavy atom. The van der Waals surface area contributed by atoms with Gasteiger partial charge in [0.2, 0.25) is 0 Å². The molecule has 0 spiro atoms. The average molecular weight is 644 g/mol. The van der Waals surface area contributed by atoms with Crippen molar-refractivity contribution in [1.82, 2.24) is 4.72 Å². The molecule has 43 heavy (non-hydrogen) atoms. The molecule has 5 nitrogen and oxygen atoms in total. The Hall–Kier alpha value is -3.47. The maximum Gasteiger partial charge on any atom is 0.446 e. The van der Waals surface area contributed by atoms with Crippen LogP contribution in [0.2, 0.25) is 5.02 Å². The minimum Gasteiger partial charge on any atom is -0.398 e. The Bertz CT molecular complexity index is 1610. The SMILES string of the molecule is Nc1ccc(S(=O)NC(=O)c2ccc(N3CCC(Cc4ccccc4-c4ccc(Cl)cc4)CC3)cc2)cc1SC(F)(F)F. The molecule has 11 heteroatoms. The third-order valence-electron chi connectivity index (χ3n) is 7.40. The summed E-state index contributed by atoms with van der Waals surface area (Å²) in [6, 6.07) is 27.1. The summed E-state index contributed by atoms with van der Waals surface area (Å²) in [6.45, 7) is 1.78. The van der Waals surface area contributed by atoms with Crippen LogP contribution in [0.5, 0.6) is 0 Å². The van der Waals surface area contributed by atoms with E-state index in [-0.39, 0.29) is 15.5 Å². The number of anilines is 2. The van der Waals surface area contributed by atoms with E-state index in [0.717, 1.165) is 54.7 Å². The summed E-state index contributed by atoms with van der Waals surface area (Å²) in [7, 11) is -2.06. The Morgan fingerprint density at radius 2 is 1.65 bits per heavy atom. The number of alkyl halides is 3. The quantitative estimate of drug-likeness (QED) is 0.150. The zero-order valence-corrected chi connectivity index (χ0v) is 25.3. The van der Waals surface area contributed by atoms with E-state index in [4.69, 9.17) is 17.3 Å². The predicted molar refractivity (Wildman–Crippen MR) is 169 cm³/mol. The van der Waals surface area contributed by atoms with Crippen molar-refractivity contribution < 1.29 is 22.2 Å². The average Bonchev–Trinajstić information content (AvgIpc) is 2.99. The van der Waals surface area contributed by atoms with Crippen LogP contribution in [0.15, 0.2) is 101 Å². The number of amides is 1. The van der Waals surface area contributed by atoms with E-state index in [1.54, 1.807) is 12.1 Å².